The number of aliphatic hydroxyl groups excluding tert-OH is 2. The van der Waals surface area contributed by atoms with Gasteiger partial charge in [-0.2, -0.15) is 0 Å². The van der Waals surface area contributed by atoms with Gasteiger partial charge in [0.1, 0.15) is 6.61 Å². The van der Waals surface area contributed by atoms with E-state index in [-0.39, 0.29) is 26.3 Å². The minimum atomic E-state index is -0.652. The number of benzene rings is 1. The molecule has 100 valence electrons. The summed E-state index contributed by atoms with van der Waals surface area (Å²) in [6.45, 7) is 1.90. The highest BCUT2D eigenvalue weighted by Gasteiger charge is 2.16. The molecule has 1 rings (SSSR count). The first-order chi connectivity index (χ1) is 8.63. The van der Waals surface area contributed by atoms with Gasteiger partial charge in [-0.25, -0.2) is 4.79 Å². The third kappa shape index (κ3) is 5.16. The Morgan fingerprint density at radius 2 is 2.06 bits per heavy atom. The molecule has 0 bridgehead atoms. The second-order valence-corrected chi connectivity index (χ2v) is 4.06. The molecule has 1 aromatic carbocycles. The Bertz CT molecular complexity index is 353. The Balaban J connectivity index is 2.46. The van der Waals surface area contributed by atoms with Crippen LogP contribution in [0.1, 0.15) is 12.5 Å². The number of aliphatic hydroxyl groups is 2. The number of rotatable bonds is 6. The molecule has 5 heteroatoms. The fraction of sp³-hybridized carbons (Fsp3) is 0.462. The average molecular weight is 253 g/mol. The molecule has 1 unspecified atom stereocenters. The first-order valence-corrected chi connectivity index (χ1v) is 5.88. The van der Waals surface area contributed by atoms with Crippen LogP contribution in [0.5, 0.6) is 0 Å². The Kier molecular flexibility index (Phi) is 6.18. The van der Waals surface area contributed by atoms with Gasteiger partial charge in [0.25, 0.3) is 0 Å². The maximum atomic E-state index is 11.7. The van der Waals surface area contributed by atoms with E-state index in [0.717, 1.165) is 5.56 Å². The van der Waals surface area contributed by atoms with E-state index in [2.05, 4.69) is 0 Å². The lowest BCUT2D eigenvalue weighted by Gasteiger charge is -2.22. The largest absolute Gasteiger partial charge is 0.445 e. The Morgan fingerprint density at radius 1 is 1.39 bits per heavy atom. The summed E-state index contributed by atoms with van der Waals surface area (Å²) in [4.78, 5) is 13.0. The van der Waals surface area contributed by atoms with E-state index in [4.69, 9.17) is 9.84 Å². The van der Waals surface area contributed by atoms with Crippen molar-refractivity contribution in [3.05, 3.63) is 35.9 Å². The summed E-state index contributed by atoms with van der Waals surface area (Å²) in [6, 6.07) is 9.34. The highest BCUT2D eigenvalue weighted by molar-refractivity contribution is 5.67. The normalized spacial score (nSPS) is 11.9. The Hall–Kier alpha value is -1.59. The molecule has 0 saturated carbocycles. The van der Waals surface area contributed by atoms with Gasteiger partial charge in [0.15, 0.2) is 0 Å². The van der Waals surface area contributed by atoms with Crippen molar-refractivity contribution < 1.29 is 19.7 Å². The minimum absolute atomic E-state index is 0.147. The summed E-state index contributed by atoms with van der Waals surface area (Å²) < 4.78 is 5.11. The van der Waals surface area contributed by atoms with E-state index in [9.17, 15) is 9.90 Å². The maximum absolute atomic E-state index is 11.7. The van der Waals surface area contributed by atoms with Gasteiger partial charge in [-0.3, -0.25) is 0 Å². The molecule has 18 heavy (non-hydrogen) atoms. The van der Waals surface area contributed by atoms with E-state index < -0.39 is 12.2 Å². The van der Waals surface area contributed by atoms with Crippen molar-refractivity contribution in [2.24, 2.45) is 0 Å². The molecule has 0 aliphatic heterocycles. The van der Waals surface area contributed by atoms with E-state index in [1.54, 1.807) is 6.92 Å². The van der Waals surface area contributed by atoms with Gasteiger partial charge in [0.2, 0.25) is 0 Å². The molecule has 1 aromatic rings. The molecule has 0 aliphatic rings. The molecular formula is C13H19NO4. The van der Waals surface area contributed by atoms with Crippen LogP contribution in [0.25, 0.3) is 0 Å². The zero-order chi connectivity index (χ0) is 13.4. The predicted octanol–water partition coefficient (Wildman–Crippen LogP) is 0.998. The third-order valence-corrected chi connectivity index (χ3v) is 2.32. The summed E-state index contributed by atoms with van der Waals surface area (Å²) >= 11 is 0. The summed E-state index contributed by atoms with van der Waals surface area (Å²) in [6.07, 6.45) is -1.19. The van der Waals surface area contributed by atoms with Gasteiger partial charge in [-0.1, -0.05) is 30.3 Å². The number of hydrogen-bond donors (Lipinski definition) is 2. The SMILES string of the molecule is CC(O)CN(CCO)C(=O)OCc1ccccc1. The van der Waals surface area contributed by atoms with E-state index in [1.165, 1.54) is 4.90 Å². The number of nitrogens with zero attached hydrogens (tertiary/aromatic N) is 1. The monoisotopic (exact) mass is 253 g/mol. The minimum Gasteiger partial charge on any atom is -0.445 e. The van der Waals surface area contributed by atoms with Gasteiger partial charge in [0, 0.05) is 13.1 Å². The molecular weight excluding hydrogens is 234 g/mol. The molecule has 0 radical (unpaired) electrons. The lowest BCUT2D eigenvalue weighted by atomic mass is 10.2. The zero-order valence-electron chi connectivity index (χ0n) is 10.5. The van der Waals surface area contributed by atoms with Crippen LogP contribution in [-0.2, 0) is 11.3 Å². The first kappa shape index (κ1) is 14.5. The number of amides is 1. The van der Waals surface area contributed by atoms with Crippen LogP contribution in [-0.4, -0.2) is 47.0 Å². The third-order valence-electron chi connectivity index (χ3n) is 2.32. The summed E-state index contributed by atoms with van der Waals surface area (Å²) in [5.74, 6) is 0. The molecule has 0 heterocycles. The molecule has 0 aliphatic carbocycles. The molecule has 1 amide bonds. The standard InChI is InChI=1S/C13H19NO4/c1-11(16)9-14(7-8-15)13(17)18-10-12-5-3-2-4-6-12/h2-6,11,15-16H,7-10H2,1H3. The molecule has 0 aromatic heterocycles. The number of ether oxygens (including phenoxy) is 1. The van der Waals surface area contributed by atoms with Gasteiger partial charge < -0.3 is 19.8 Å². The van der Waals surface area contributed by atoms with Crippen LogP contribution in [0.4, 0.5) is 4.79 Å². The lowest BCUT2D eigenvalue weighted by Crippen LogP contribution is -2.38. The van der Waals surface area contributed by atoms with E-state index in [1.807, 2.05) is 30.3 Å². The molecule has 1 atom stereocenters. The second kappa shape index (κ2) is 7.68. The predicted molar refractivity (Wildman–Crippen MR) is 67.0 cm³/mol. The average Bonchev–Trinajstić information content (AvgIpc) is 2.36. The van der Waals surface area contributed by atoms with Crippen LogP contribution in [0, 0.1) is 0 Å². The lowest BCUT2D eigenvalue weighted by molar-refractivity contribution is 0.0660. The molecule has 0 spiro atoms. The second-order valence-electron chi connectivity index (χ2n) is 4.06. The highest BCUT2D eigenvalue weighted by Crippen LogP contribution is 2.03. The van der Waals surface area contributed by atoms with Gasteiger partial charge in [-0.05, 0) is 12.5 Å². The summed E-state index contributed by atoms with van der Waals surface area (Å²) in [7, 11) is 0. The van der Waals surface area contributed by atoms with E-state index >= 15 is 0 Å². The molecule has 5 nitrogen and oxygen atoms in total. The van der Waals surface area contributed by atoms with Crippen LogP contribution in [0.2, 0.25) is 0 Å². The number of carbonyl (C=O) groups excluding carboxylic acids is 1. The van der Waals surface area contributed by atoms with Crippen molar-refractivity contribution in [1.29, 1.82) is 0 Å². The van der Waals surface area contributed by atoms with Crippen molar-refractivity contribution in [3.63, 3.8) is 0 Å². The number of carbonyl (C=O) groups is 1. The smallest absolute Gasteiger partial charge is 0.410 e. The fourth-order valence-corrected chi connectivity index (χ4v) is 1.51. The number of hydrogen-bond acceptors (Lipinski definition) is 4. The summed E-state index contributed by atoms with van der Waals surface area (Å²) in [5.41, 5.74) is 0.895. The molecule has 2 N–H and O–H groups in total. The van der Waals surface area contributed by atoms with Gasteiger partial charge in [-0.15, -0.1) is 0 Å². The topological polar surface area (TPSA) is 70.0 Å². The van der Waals surface area contributed by atoms with Crippen molar-refractivity contribution in [3.8, 4) is 0 Å². The highest BCUT2D eigenvalue weighted by atomic mass is 16.6. The Labute approximate surface area is 107 Å². The maximum Gasteiger partial charge on any atom is 0.410 e. The molecule has 0 fully saturated rings. The van der Waals surface area contributed by atoms with Gasteiger partial charge in [0.05, 0.1) is 12.7 Å². The van der Waals surface area contributed by atoms with Crippen molar-refractivity contribution in [2.75, 3.05) is 19.7 Å². The van der Waals surface area contributed by atoms with E-state index in [0.29, 0.717) is 0 Å². The molecule has 0 saturated heterocycles. The Morgan fingerprint density at radius 3 is 2.61 bits per heavy atom. The first-order valence-electron chi connectivity index (χ1n) is 5.88. The quantitative estimate of drug-likeness (QED) is 0.793. The fourth-order valence-electron chi connectivity index (χ4n) is 1.51. The van der Waals surface area contributed by atoms with Crippen LogP contribution in [0.15, 0.2) is 30.3 Å². The van der Waals surface area contributed by atoms with Crippen LogP contribution >= 0.6 is 0 Å². The van der Waals surface area contributed by atoms with Crippen LogP contribution in [0.3, 0.4) is 0 Å². The van der Waals surface area contributed by atoms with Crippen molar-refractivity contribution in [2.45, 2.75) is 19.6 Å². The zero-order valence-corrected chi connectivity index (χ0v) is 10.5. The van der Waals surface area contributed by atoms with Crippen LogP contribution < -0.4 is 0 Å². The van der Waals surface area contributed by atoms with Crippen molar-refractivity contribution in [1.82, 2.24) is 4.90 Å². The van der Waals surface area contributed by atoms with Crippen molar-refractivity contribution >= 4 is 6.09 Å². The summed E-state index contributed by atoms with van der Waals surface area (Å²) in [5, 5.41) is 18.1. The van der Waals surface area contributed by atoms with Gasteiger partial charge >= 0.3 is 6.09 Å².